The lowest BCUT2D eigenvalue weighted by Crippen LogP contribution is -2.49. The predicted octanol–water partition coefficient (Wildman–Crippen LogP) is 2.58. The van der Waals surface area contributed by atoms with Crippen molar-refractivity contribution in [2.24, 2.45) is 4.99 Å². The summed E-state index contributed by atoms with van der Waals surface area (Å²) in [6.07, 6.45) is -2.31. The first-order valence-electron chi connectivity index (χ1n) is 15.2. The van der Waals surface area contributed by atoms with E-state index in [1.807, 2.05) is 6.92 Å². The van der Waals surface area contributed by atoms with Gasteiger partial charge in [-0.1, -0.05) is 12.1 Å². The molecule has 2 saturated heterocycles. The van der Waals surface area contributed by atoms with Gasteiger partial charge in [-0.2, -0.15) is 0 Å². The van der Waals surface area contributed by atoms with Crippen LogP contribution in [0.15, 0.2) is 23.2 Å². The quantitative estimate of drug-likeness (QED) is 0.187. The van der Waals surface area contributed by atoms with Gasteiger partial charge in [0, 0.05) is 49.0 Å². The van der Waals surface area contributed by atoms with Gasteiger partial charge in [0.2, 0.25) is 5.78 Å². The van der Waals surface area contributed by atoms with Crippen LogP contribution in [0.4, 0.5) is 0 Å². The molecule has 2 aromatic rings. The fourth-order valence-electron chi connectivity index (χ4n) is 7.09. The second-order valence-electron chi connectivity index (χ2n) is 12.4. The van der Waals surface area contributed by atoms with Crippen LogP contribution in [0.1, 0.15) is 95.5 Å². The van der Waals surface area contributed by atoms with Crippen molar-refractivity contribution >= 4 is 23.2 Å². The second kappa shape index (κ2) is 11.5. The molecule has 12 nitrogen and oxygen atoms in total. The standard InChI is InChI=1S/C33H38N2O10/c1-15-28(37)20(34-17(3)35-10-5-6-11-35)12-23(44-15)45-22-14-33(42,16(2)36)13-19-25(22)32(41)27-26(30(19)39)29(38)18-8-7-9-21(43-4)24(18)31(27)40/h7-9,15,20,22-23,28,37,39,41-42H,5-6,10-14H2,1-4H3/t15?,20-,22+,23?,28?,33?/m1/s1. The third-order valence-electron chi connectivity index (χ3n) is 9.64. The Morgan fingerprint density at radius 2 is 1.76 bits per heavy atom. The Hall–Kier alpha value is -3.84. The van der Waals surface area contributed by atoms with Crippen LogP contribution >= 0.6 is 0 Å². The number of fused-ring (bicyclic) bond motifs is 3. The van der Waals surface area contributed by atoms with Crippen LogP contribution in [0.5, 0.6) is 17.2 Å². The Balaban J connectivity index is 1.42. The molecular weight excluding hydrogens is 584 g/mol. The van der Waals surface area contributed by atoms with Crippen LogP contribution in [0.2, 0.25) is 0 Å². The number of benzene rings is 2. The number of hydrogen-bond donors (Lipinski definition) is 4. The molecule has 2 fully saturated rings. The summed E-state index contributed by atoms with van der Waals surface area (Å²) in [4.78, 5) is 47.2. The van der Waals surface area contributed by atoms with Crippen molar-refractivity contribution < 1.29 is 49.0 Å². The Labute approximate surface area is 260 Å². The number of methoxy groups -OCH3 is 1. The van der Waals surface area contributed by atoms with E-state index in [1.165, 1.54) is 32.2 Å². The number of phenols is 2. The van der Waals surface area contributed by atoms with Crippen molar-refractivity contribution in [3.05, 3.63) is 51.6 Å². The highest BCUT2D eigenvalue weighted by Gasteiger charge is 2.49. The molecule has 0 spiro atoms. The van der Waals surface area contributed by atoms with E-state index in [4.69, 9.17) is 19.2 Å². The molecule has 0 saturated carbocycles. The van der Waals surface area contributed by atoms with Gasteiger partial charge in [-0.3, -0.25) is 19.4 Å². The van der Waals surface area contributed by atoms with Gasteiger partial charge in [-0.05, 0) is 39.7 Å². The molecule has 45 heavy (non-hydrogen) atoms. The number of aromatic hydroxyl groups is 2. The number of hydrogen-bond acceptors (Lipinski definition) is 11. The molecular formula is C33H38N2O10. The van der Waals surface area contributed by atoms with Crippen LogP contribution in [-0.2, 0) is 20.7 Å². The molecule has 4 unspecified atom stereocenters. The molecule has 0 bridgehead atoms. The predicted molar refractivity (Wildman–Crippen MR) is 160 cm³/mol. The van der Waals surface area contributed by atoms with Crippen molar-refractivity contribution in [1.82, 2.24) is 4.90 Å². The van der Waals surface area contributed by atoms with Gasteiger partial charge < -0.3 is 39.5 Å². The number of amidine groups is 1. The smallest absolute Gasteiger partial charge is 0.202 e. The number of carbonyl (C=O) groups excluding carboxylic acids is 3. The fraction of sp³-hybridized carbons (Fsp3) is 0.515. The summed E-state index contributed by atoms with van der Waals surface area (Å²) >= 11 is 0. The Kier molecular flexibility index (Phi) is 7.97. The largest absolute Gasteiger partial charge is 0.507 e. The van der Waals surface area contributed by atoms with Crippen LogP contribution in [0.25, 0.3) is 0 Å². The van der Waals surface area contributed by atoms with E-state index in [9.17, 15) is 34.8 Å². The van der Waals surface area contributed by atoms with Crippen molar-refractivity contribution in [3.63, 3.8) is 0 Å². The van der Waals surface area contributed by atoms with E-state index in [1.54, 1.807) is 6.92 Å². The normalized spacial score (nSPS) is 29.7. The van der Waals surface area contributed by atoms with E-state index >= 15 is 0 Å². The maximum Gasteiger partial charge on any atom is 0.202 e. The number of nitrogens with zero attached hydrogens (tertiary/aromatic N) is 2. The number of ketones is 3. The SMILES string of the molecule is COc1cccc2c1C(=O)c1c(O)c3c(c(O)c1C2=O)CC(O)(C(C)=O)C[C@@H]3OC1C[C@@H](N=C(C)N2CCCC2)C(O)C(C)O1. The van der Waals surface area contributed by atoms with Crippen molar-refractivity contribution in [2.75, 3.05) is 20.2 Å². The minimum absolute atomic E-state index is 0.00842. The van der Waals surface area contributed by atoms with Gasteiger partial charge >= 0.3 is 0 Å². The molecule has 2 aromatic carbocycles. The lowest BCUT2D eigenvalue weighted by atomic mass is 9.72. The zero-order valence-corrected chi connectivity index (χ0v) is 25.7. The minimum atomic E-state index is -2.01. The molecule has 240 valence electrons. The third-order valence-corrected chi connectivity index (χ3v) is 9.64. The summed E-state index contributed by atoms with van der Waals surface area (Å²) in [7, 11) is 1.35. The number of aliphatic hydroxyl groups is 2. The molecule has 4 aliphatic rings. The number of aliphatic imine (C=N–C) groups is 1. The minimum Gasteiger partial charge on any atom is -0.507 e. The number of Topliss-reactive ketones (excluding diaryl/α,β-unsaturated/α-hetero) is 1. The van der Waals surface area contributed by atoms with Gasteiger partial charge in [-0.15, -0.1) is 0 Å². The van der Waals surface area contributed by atoms with E-state index in [0.29, 0.717) is 0 Å². The number of ether oxygens (including phenoxy) is 3. The molecule has 0 radical (unpaired) electrons. The van der Waals surface area contributed by atoms with Crippen molar-refractivity contribution in [1.29, 1.82) is 0 Å². The van der Waals surface area contributed by atoms with Crippen LogP contribution in [0, 0.1) is 0 Å². The van der Waals surface area contributed by atoms with Gasteiger partial charge in [0.1, 0.15) is 29.0 Å². The highest BCUT2D eigenvalue weighted by atomic mass is 16.7. The molecule has 2 heterocycles. The number of likely N-dealkylation sites (tertiary alicyclic amines) is 1. The van der Waals surface area contributed by atoms with E-state index in [2.05, 4.69) is 4.90 Å². The lowest BCUT2D eigenvalue weighted by Gasteiger charge is -2.42. The zero-order valence-electron chi connectivity index (χ0n) is 25.7. The monoisotopic (exact) mass is 622 g/mol. The lowest BCUT2D eigenvalue weighted by molar-refractivity contribution is -0.247. The van der Waals surface area contributed by atoms with E-state index in [-0.39, 0.29) is 40.8 Å². The van der Waals surface area contributed by atoms with Gasteiger partial charge in [0.25, 0.3) is 0 Å². The van der Waals surface area contributed by atoms with Gasteiger partial charge in [-0.25, -0.2) is 0 Å². The molecule has 2 aliphatic heterocycles. The molecule has 6 rings (SSSR count). The summed E-state index contributed by atoms with van der Waals surface area (Å²) < 4.78 is 17.6. The highest BCUT2D eigenvalue weighted by molar-refractivity contribution is 6.31. The second-order valence-corrected chi connectivity index (χ2v) is 12.4. The van der Waals surface area contributed by atoms with Crippen LogP contribution in [-0.4, -0.2) is 98.9 Å². The van der Waals surface area contributed by atoms with Crippen molar-refractivity contribution in [3.8, 4) is 17.2 Å². The highest BCUT2D eigenvalue weighted by Crippen LogP contribution is 2.52. The number of carbonyl (C=O) groups is 3. The van der Waals surface area contributed by atoms with E-state index < -0.39 is 82.6 Å². The molecule has 12 heteroatoms. The average Bonchev–Trinajstić information content (AvgIpc) is 3.55. The maximum atomic E-state index is 13.8. The zero-order chi connectivity index (χ0) is 32.4. The van der Waals surface area contributed by atoms with Gasteiger partial charge in [0.15, 0.2) is 17.9 Å². The van der Waals surface area contributed by atoms with E-state index in [0.717, 1.165) is 31.8 Å². The molecule has 4 N–H and O–H groups in total. The summed E-state index contributed by atoms with van der Waals surface area (Å²) in [6, 6.07) is 3.90. The Morgan fingerprint density at radius 1 is 1.07 bits per heavy atom. The summed E-state index contributed by atoms with van der Waals surface area (Å²) in [5.41, 5.74) is -2.99. The summed E-state index contributed by atoms with van der Waals surface area (Å²) in [6.45, 7) is 6.56. The Morgan fingerprint density at radius 3 is 2.42 bits per heavy atom. The Bertz CT molecular complexity index is 1610. The molecule has 2 aliphatic carbocycles. The summed E-state index contributed by atoms with van der Waals surface area (Å²) in [5, 5.41) is 45.6. The number of aliphatic hydroxyl groups excluding tert-OH is 1. The average molecular weight is 623 g/mol. The molecule has 6 atom stereocenters. The number of phenolic OH excluding ortho intramolecular Hbond substituents is 2. The van der Waals surface area contributed by atoms with Crippen LogP contribution < -0.4 is 4.74 Å². The third kappa shape index (κ3) is 5.09. The topological polar surface area (TPSA) is 175 Å². The summed E-state index contributed by atoms with van der Waals surface area (Å²) in [5.74, 6) is -2.32. The maximum absolute atomic E-state index is 13.8. The molecule has 0 amide bonds. The first kappa shape index (κ1) is 31.2. The fourth-order valence-corrected chi connectivity index (χ4v) is 7.09. The van der Waals surface area contributed by atoms with Gasteiger partial charge in [0.05, 0.1) is 47.9 Å². The molecule has 0 aromatic heterocycles. The first-order valence-corrected chi connectivity index (χ1v) is 15.2. The van der Waals surface area contributed by atoms with Crippen LogP contribution in [0.3, 0.4) is 0 Å². The first-order chi connectivity index (χ1) is 21.4. The van der Waals surface area contributed by atoms with Crippen molar-refractivity contribution in [2.45, 2.75) is 89.1 Å². The number of rotatable bonds is 5.